The average Bonchev–Trinajstić information content (AvgIpc) is 2.50. The Kier molecular flexibility index (Phi) is 5.39. The molecule has 0 radical (unpaired) electrons. The highest BCUT2D eigenvalue weighted by atomic mass is 79.9. The van der Waals surface area contributed by atoms with E-state index in [0.717, 1.165) is 42.0 Å². The van der Waals surface area contributed by atoms with Gasteiger partial charge in [-0.2, -0.15) is 0 Å². The normalized spacial score (nSPS) is 17.6. The fourth-order valence-corrected chi connectivity index (χ4v) is 2.85. The van der Waals surface area contributed by atoms with Crippen LogP contribution in [0, 0.1) is 0 Å². The van der Waals surface area contributed by atoms with Gasteiger partial charge >= 0.3 is 5.97 Å². The molecule has 1 unspecified atom stereocenters. The zero-order valence-electron chi connectivity index (χ0n) is 11.7. The predicted molar refractivity (Wildman–Crippen MR) is 79.9 cm³/mol. The second-order valence-electron chi connectivity index (χ2n) is 4.60. The number of halogens is 1. The van der Waals surface area contributed by atoms with Gasteiger partial charge in [-0.3, -0.25) is 4.90 Å². The lowest BCUT2D eigenvalue weighted by Crippen LogP contribution is -2.47. The van der Waals surface area contributed by atoms with Crippen molar-refractivity contribution in [2.45, 2.75) is 6.04 Å². The van der Waals surface area contributed by atoms with Gasteiger partial charge in [-0.1, -0.05) is 15.9 Å². The maximum atomic E-state index is 12.2. The van der Waals surface area contributed by atoms with E-state index in [2.05, 4.69) is 26.1 Å². The lowest BCUT2D eigenvalue weighted by atomic mass is 10.0. The molecule has 0 aliphatic carbocycles. The monoisotopic (exact) mass is 342 g/mol. The first-order chi connectivity index (χ1) is 9.67. The highest BCUT2D eigenvalue weighted by molar-refractivity contribution is 9.10. The summed E-state index contributed by atoms with van der Waals surface area (Å²) in [6.45, 7) is 3.36. The summed E-state index contributed by atoms with van der Waals surface area (Å²) in [4.78, 5) is 14.3. The largest absolute Gasteiger partial charge is 0.497 e. The van der Waals surface area contributed by atoms with Gasteiger partial charge < -0.3 is 14.8 Å². The average molecular weight is 343 g/mol. The number of hydrogen-bond acceptors (Lipinski definition) is 5. The van der Waals surface area contributed by atoms with Crippen LogP contribution in [0.3, 0.4) is 0 Å². The summed E-state index contributed by atoms with van der Waals surface area (Å²) >= 11 is 3.52. The van der Waals surface area contributed by atoms with Gasteiger partial charge in [-0.15, -0.1) is 0 Å². The number of nitrogens with one attached hydrogen (secondary N) is 1. The lowest BCUT2D eigenvalue weighted by Gasteiger charge is -2.33. The second kappa shape index (κ2) is 7.06. The SMILES string of the molecule is COC(=O)C(c1cc(OC)ccc1Br)N1CCNCC1. The molecule has 1 fully saturated rings. The molecule has 0 spiro atoms. The number of benzene rings is 1. The number of rotatable bonds is 4. The number of esters is 1. The predicted octanol–water partition coefficient (Wildman–Crippen LogP) is 1.58. The molecule has 1 aliphatic rings. The van der Waals surface area contributed by atoms with E-state index in [1.165, 1.54) is 7.11 Å². The van der Waals surface area contributed by atoms with Gasteiger partial charge in [-0.05, 0) is 23.8 Å². The van der Waals surface area contributed by atoms with Crippen molar-refractivity contribution < 1.29 is 14.3 Å². The van der Waals surface area contributed by atoms with Gasteiger partial charge in [0.25, 0.3) is 0 Å². The Balaban J connectivity index is 2.37. The molecule has 1 heterocycles. The quantitative estimate of drug-likeness (QED) is 0.842. The van der Waals surface area contributed by atoms with Crippen molar-refractivity contribution in [3.05, 3.63) is 28.2 Å². The molecule has 5 nitrogen and oxygen atoms in total. The molecule has 0 amide bonds. The van der Waals surface area contributed by atoms with Gasteiger partial charge in [-0.25, -0.2) is 4.79 Å². The summed E-state index contributed by atoms with van der Waals surface area (Å²) in [6, 6.07) is 5.23. The van der Waals surface area contributed by atoms with E-state index in [1.54, 1.807) is 7.11 Å². The Hall–Kier alpha value is -1.11. The molecule has 20 heavy (non-hydrogen) atoms. The van der Waals surface area contributed by atoms with Crippen LogP contribution in [0.5, 0.6) is 5.75 Å². The van der Waals surface area contributed by atoms with E-state index in [0.29, 0.717) is 0 Å². The standard InChI is InChI=1S/C14H19BrN2O3/c1-19-10-3-4-12(15)11(9-10)13(14(18)20-2)17-7-5-16-6-8-17/h3-4,9,13,16H,5-8H2,1-2H3. The third-order valence-electron chi connectivity index (χ3n) is 3.44. The fourth-order valence-electron chi connectivity index (χ4n) is 2.38. The van der Waals surface area contributed by atoms with Crippen LogP contribution in [0.1, 0.15) is 11.6 Å². The number of piperazine rings is 1. The molecule has 2 rings (SSSR count). The highest BCUT2D eigenvalue weighted by Gasteiger charge is 2.31. The number of hydrogen-bond donors (Lipinski definition) is 1. The molecule has 6 heteroatoms. The highest BCUT2D eigenvalue weighted by Crippen LogP contribution is 2.32. The minimum atomic E-state index is -0.411. The second-order valence-corrected chi connectivity index (χ2v) is 5.45. The van der Waals surface area contributed by atoms with Crippen molar-refractivity contribution >= 4 is 21.9 Å². The Morgan fingerprint density at radius 3 is 2.65 bits per heavy atom. The van der Waals surface area contributed by atoms with E-state index in [1.807, 2.05) is 18.2 Å². The summed E-state index contributed by atoms with van der Waals surface area (Å²) in [5.74, 6) is 0.480. The van der Waals surface area contributed by atoms with Gasteiger partial charge in [0.15, 0.2) is 0 Å². The van der Waals surface area contributed by atoms with E-state index < -0.39 is 6.04 Å². The van der Waals surface area contributed by atoms with Crippen LogP contribution in [-0.2, 0) is 9.53 Å². The maximum Gasteiger partial charge on any atom is 0.327 e. The molecule has 1 saturated heterocycles. The van der Waals surface area contributed by atoms with Crippen LogP contribution in [0.15, 0.2) is 22.7 Å². The first-order valence-corrected chi connectivity index (χ1v) is 7.32. The lowest BCUT2D eigenvalue weighted by molar-refractivity contribution is -0.147. The van der Waals surface area contributed by atoms with Crippen molar-refractivity contribution in [2.75, 3.05) is 40.4 Å². The van der Waals surface area contributed by atoms with E-state index >= 15 is 0 Å². The van der Waals surface area contributed by atoms with Crippen LogP contribution in [0.4, 0.5) is 0 Å². The number of methoxy groups -OCH3 is 2. The van der Waals surface area contributed by atoms with E-state index in [4.69, 9.17) is 9.47 Å². The number of carbonyl (C=O) groups excluding carboxylic acids is 1. The topological polar surface area (TPSA) is 50.8 Å². The van der Waals surface area contributed by atoms with Gasteiger partial charge in [0.05, 0.1) is 14.2 Å². The molecule has 1 atom stereocenters. The smallest absolute Gasteiger partial charge is 0.327 e. The Labute approximate surface area is 127 Å². The molecule has 0 saturated carbocycles. The van der Waals surface area contributed by atoms with Crippen molar-refractivity contribution in [1.82, 2.24) is 10.2 Å². The summed E-state index contributed by atoms with van der Waals surface area (Å²) in [7, 11) is 3.04. The van der Waals surface area contributed by atoms with Crippen LogP contribution >= 0.6 is 15.9 Å². The molecule has 110 valence electrons. The van der Waals surface area contributed by atoms with Gasteiger partial charge in [0, 0.05) is 30.7 Å². The molecular weight excluding hydrogens is 324 g/mol. The van der Waals surface area contributed by atoms with Crippen LogP contribution in [0.25, 0.3) is 0 Å². The summed E-state index contributed by atoms with van der Waals surface area (Å²) in [6.07, 6.45) is 0. The first kappa shape index (κ1) is 15.3. The van der Waals surface area contributed by atoms with Crippen molar-refractivity contribution in [3.8, 4) is 5.75 Å². The molecule has 1 N–H and O–H groups in total. The van der Waals surface area contributed by atoms with Crippen LogP contribution in [-0.4, -0.2) is 51.3 Å². The van der Waals surface area contributed by atoms with Gasteiger partial charge in [0.1, 0.15) is 11.8 Å². The van der Waals surface area contributed by atoms with Gasteiger partial charge in [0.2, 0.25) is 0 Å². The first-order valence-electron chi connectivity index (χ1n) is 6.53. The van der Waals surface area contributed by atoms with Crippen molar-refractivity contribution in [1.29, 1.82) is 0 Å². The minimum absolute atomic E-state index is 0.249. The third kappa shape index (κ3) is 3.31. The van der Waals surface area contributed by atoms with Crippen molar-refractivity contribution in [3.63, 3.8) is 0 Å². The third-order valence-corrected chi connectivity index (χ3v) is 4.16. The van der Waals surface area contributed by atoms with Crippen LogP contribution < -0.4 is 10.1 Å². The Morgan fingerprint density at radius 1 is 1.35 bits per heavy atom. The summed E-state index contributed by atoms with van der Waals surface area (Å²) in [5, 5.41) is 3.28. The molecule has 0 aromatic heterocycles. The van der Waals surface area contributed by atoms with E-state index in [-0.39, 0.29) is 5.97 Å². The Morgan fingerprint density at radius 2 is 2.05 bits per heavy atom. The van der Waals surface area contributed by atoms with Crippen molar-refractivity contribution in [2.24, 2.45) is 0 Å². The number of carbonyl (C=O) groups is 1. The summed E-state index contributed by atoms with van der Waals surface area (Å²) < 4.78 is 11.1. The molecular formula is C14H19BrN2O3. The number of ether oxygens (including phenoxy) is 2. The zero-order chi connectivity index (χ0) is 14.5. The summed E-state index contributed by atoms with van der Waals surface area (Å²) in [5.41, 5.74) is 0.873. The minimum Gasteiger partial charge on any atom is -0.497 e. The molecule has 1 aromatic carbocycles. The van der Waals surface area contributed by atoms with E-state index in [9.17, 15) is 4.79 Å². The molecule has 1 aliphatic heterocycles. The number of nitrogens with zero attached hydrogens (tertiary/aromatic N) is 1. The molecule has 0 bridgehead atoms. The maximum absolute atomic E-state index is 12.2. The fraction of sp³-hybridized carbons (Fsp3) is 0.500. The Bertz CT molecular complexity index is 475. The zero-order valence-corrected chi connectivity index (χ0v) is 13.3. The van der Waals surface area contributed by atoms with Crippen LogP contribution in [0.2, 0.25) is 0 Å². The molecule has 1 aromatic rings.